The van der Waals surface area contributed by atoms with Crippen LogP contribution >= 0.6 is 0 Å². The maximum absolute atomic E-state index is 4.39. The molecule has 0 aliphatic carbocycles. The molecule has 1 saturated heterocycles. The zero-order valence-electron chi connectivity index (χ0n) is 10.2. The standard InChI is InChI=1S/C11H19N5/c1-9-10(12-2)13-8-14-11(9)16-6-4-15(3)5-7-16/h8H,4-7H2,1-3H3,(H,12,13,14). The van der Waals surface area contributed by atoms with E-state index < -0.39 is 0 Å². The Hall–Kier alpha value is -1.36. The molecule has 0 spiro atoms. The monoisotopic (exact) mass is 221 g/mol. The van der Waals surface area contributed by atoms with Crippen molar-refractivity contribution in [2.24, 2.45) is 0 Å². The topological polar surface area (TPSA) is 44.3 Å². The van der Waals surface area contributed by atoms with E-state index in [1.165, 1.54) is 0 Å². The highest BCUT2D eigenvalue weighted by molar-refractivity contribution is 5.57. The van der Waals surface area contributed by atoms with Crippen molar-refractivity contribution in [3.05, 3.63) is 11.9 Å². The van der Waals surface area contributed by atoms with Crippen molar-refractivity contribution < 1.29 is 0 Å². The molecule has 0 atom stereocenters. The van der Waals surface area contributed by atoms with E-state index in [2.05, 4.69) is 39.1 Å². The molecule has 5 nitrogen and oxygen atoms in total. The maximum Gasteiger partial charge on any atom is 0.137 e. The van der Waals surface area contributed by atoms with E-state index in [-0.39, 0.29) is 0 Å². The van der Waals surface area contributed by atoms with Crippen LogP contribution in [-0.2, 0) is 0 Å². The highest BCUT2D eigenvalue weighted by Gasteiger charge is 2.18. The molecule has 1 fully saturated rings. The van der Waals surface area contributed by atoms with Crippen LogP contribution in [0.4, 0.5) is 11.6 Å². The highest BCUT2D eigenvalue weighted by Crippen LogP contribution is 2.22. The second-order valence-corrected chi connectivity index (χ2v) is 4.21. The molecule has 88 valence electrons. The highest BCUT2D eigenvalue weighted by atomic mass is 15.3. The van der Waals surface area contributed by atoms with Gasteiger partial charge in [-0.15, -0.1) is 0 Å². The van der Waals surface area contributed by atoms with Crippen molar-refractivity contribution in [3.8, 4) is 0 Å². The van der Waals surface area contributed by atoms with E-state index in [0.29, 0.717) is 0 Å². The lowest BCUT2D eigenvalue weighted by Crippen LogP contribution is -2.45. The van der Waals surface area contributed by atoms with Gasteiger partial charge in [0.05, 0.1) is 0 Å². The molecule has 1 aromatic rings. The van der Waals surface area contributed by atoms with E-state index in [1.54, 1.807) is 6.33 Å². The van der Waals surface area contributed by atoms with Gasteiger partial charge < -0.3 is 15.1 Å². The second kappa shape index (κ2) is 4.65. The largest absolute Gasteiger partial charge is 0.373 e. The van der Waals surface area contributed by atoms with Crippen LogP contribution in [0.15, 0.2) is 6.33 Å². The van der Waals surface area contributed by atoms with Crippen molar-refractivity contribution in [1.82, 2.24) is 14.9 Å². The van der Waals surface area contributed by atoms with Gasteiger partial charge in [0.25, 0.3) is 0 Å². The quantitative estimate of drug-likeness (QED) is 0.791. The van der Waals surface area contributed by atoms with Crippen LogP contribution in [0, 0.1) is 6.92 Å². The SMILES string of the molecule is CNc1ncnc(N2CCN(C)CC2)c1C. The van der Waals surface area contributed by atoms with Crippen LogP contribution < -0.4 is 10.2 Å². The average molecular weight is 221 g/mol. The summed E-state index contributed by atoms with van der Waals surface area (Å²) >= 11 is 0. The van der Waals surface area contributed by atoms with E-state index >= 15 is 0 Å². The van der Waals surface area contributed by atoms with Gasteiger partial charge in [-0.05, 0) is 14.0 Å². The van der Waals surface area contributed by atoms with Crippen LogP contribution in [-0.4, -0.2) is 55.1 Å². The summed E-state index contributed by atoms with van der Waals surface area (Å²) in [5, 5.41) is 3.10. The smallest absolute Gasteiger partial charge is 0.137 e. The number of aromatic nitrogens is 2. The van der Waals surface area contributed by atoms with Gasteiger partial charge in [0.15, 0.2) is 0 Å². The summed E-state index contributed by atoms with van der Waals surface area (Å²) in [4.78, 5) is 13.3. The predicted octanol–water partition coefficient (Wildman–Crippen LogP) is 0.579. The zero-order chi connectivity index (χ0) is 11.5. The Balaban J connectivity index is 2.20. The number of piperazine rings is 1. The van der Waals surface area contributed by atoms with E-state index in [9.17, 15) is 0 Å². The average Bonchev–Trinajstić information content (AvgIpc) is 2.31. The Kier molecular flexibility index (Phi) is 3.24. The van der Waals surface area contributed by atoms with Crippen molar-refractivity contribution in [3.63, 3.8) is 0 Å². The Labute approximate surface area is 96.5 Å². The van der Waals surface area contributed by atoms with E-state index in [4.69, 9.17) is 0 Å². The number of rotatable bonds is 2. The van der Waals surface area contributed by atoms with Gasteiger partial charge >= 0.3 is 0 Å². The molecule has 1 aliphatic heterocycles. The minimum atomic E-state index is 0.920. The van der Waals surface area contributed by atoms with E-state index in [1.807, 2.05) is 7.05 Å². The Morgan fingerprint density at radius 2 is 1.88 bits per heavy atom. The molecule has 0 unspecified atom stereocenters. The molecule has 2 rings (SSSR count). The lowest BCUT2D eigenvalue weighted by Gasteiger charge is -2.34. The van der Waals surface area contributed by atoms with Crippen LogP contribution in [0.25, 0.3) is 0 Å². The van der Waals surface area contributed by atoms with Gasteiger partial charge in [0, 0.05) is 38.8 Å². The maximum atomic E-state index is 4.39. The van der Waals surface area contributed by atoms with Gasteiger partial charge in [-0.25, -0.2) is 9.97 Å². The summed E-state index contributed by atoms with van der Waals surface area (Å²) in [5.41, 5.74) is 1.13. The molecule has 0 aromatic carbocycles. The number of hydrogen-bond donors (Lipinski definition) is 1. The van der Waals surface area contributed by atoms with Crippen LogP contribution in [0.5, 0.6) is 0 Å². The fraction of sp³-hybridized carbons (Fsp3) is 0.636. The minimum absolute atomic E-state index is 0.920. The summed E-state index contributed by atoms with van der Waals surface area (Å²) in [6.07, 6.45) is 1.63. The Morgan fingerprint density at radius 1 is 1.19 bits per heavy atom. The first-order valence-electron chi connectivity index (χ1n) is 5.65. The number of hydrogen-bond acceptors (Lipinski definition) is 5. The third-order valence-corrected chi connectivity index (χ3v) is 3.10. The number of nitrogens with one attached hydrogen (secondary N) is 1. The zero-order valence-corrected chi connectivity index (χ0v) is 10.2. The summed E-state index contributed by atoms with van der Waals surface area (Å²) in [7, 11) is 4.05. The fourth-order valence-corrected chi connectivity index (χ4v) is 2.03. The van der Waals surface area contributed by atoms with E-state index in [0.717, 1.165) is 43.4 Å². The molecule has 2 heterocycles. The van der Waals surface area contributed by atoms with Gasteiger partial charge in [0.2, 0.25) is 0 Å². The van der Waals surface area contributed by atoms with Gasteiger partial charge in [-0.2, -0.15) is 0 Å². The first-order chi connectivity index (χ1) is 7.72. The molecular formula is C11H19N5. The van der Waals surface area contributed by atoms with Gasteiger partial charge in [0.1, 0.15) is 18.0 Å². The molecule has 0 amide bonds. The van der Waals surface area contributed by atoms with Crippen molar-refractivity contribution >= 4 is 11.6 Å². The number of anilines is 2. The van der Waals surface area contributed by atoms with Crippen molar-refractivity contribution in [2.75, 3.05) is 50.5 Å². The molecule has 1 aromatic heterocycles. The van der Waals surface area contributed by atoms with Crippen molar-refractivity contribution in [1.29, 1.82) is 0 Å². The second-order valence-electron chi connectivity index (χ2n) is 4.21. The molecule has 0 saturated carbocycles. The first kappa shape index (κ1) is 11.1. The number of nitrogens with zero attached hydrogens (tertiary/aromatic N) is 4. The van der Waals surface area contributed by atoms with Gasteiger partial charge in [-0.3, -0.25) is 0 Å². The lowest BCUT2D eigenvalue weighted by molar-refractivity contribution is 0.312. The van der Waals surface area contributed by atoms with Gasteiger partial charge in [-0.1, -0.05) is 0 Å². The normalized spacial score (nSPS) is 17.6. The number of likely N-dealkylation sites (N-methyl/N-ethyl adjacent to an activating group) is 1. The molecular weight excluding hydrogens is 202 g/mol. The molecule has 5 heteroatoms. The third-order valence-electron chi connectivity index (χ3n) is 3.10. The van der Waals surface area contributed by atoms with Crippen LogP contribution in [0.3, 0.4) is 0 Å². The summed E-state index contributed by atoms with van der Waals surface area (Å²) < 4.78 is 0. The van der Waals surface area contributed by atoms with Crippen LogP contribution in [0.2, 0.25) is 0 Å². The third kappa shape index (κ3) is 2.09. The first-order valence-corrected chi connectivity index (χ1v) is 5.65. The summed E-state index contributed by atoms with van der Waals surface area (Å²) in [5.74, 6) is 1.98. The van der Waals surface area contributed by atoms with Crippen molar-refractivity contribution in [2.45, 2.75) is 6.92 Å². The molecule has 0 bridgehead atoms. The molecule has 1 aliphatic rings. The summed E-state index contributed by atoms with van der Waals surface area (Å²) in [6.45, 7) is 6.34. The molecule has 16 heavy (non-hydrogen) atoms. The fourth-order valence-electron chi connectivity index (χ4n) is 2.03. The Morgan fingerprint density at radius 3 is 2.50 bits per heavy atom. The predicted molar refractivity (Wildman–Crippen MR) is 66.0 cm³/mol. The summed E-state index contributed by atoms with van der Waals surface area (Å²) in [6, 6.07) is 0. The molecule has 1 N–H and O–H groups in total. The Bertz CT molecular complexity index is 357. The lowest BCUT2D eigenvalue weighted by atomic mass is 10.2. The van der Waals surface area contributed by atoms with Crippen LogP contribution in [0.1, 0.15) is 5.56 Å². The minimum Gasteiger partial charge on any atom is -0.373 e. The molecule has 0 radical (unpaired) electrons.